The smallest absolute Gasteiger partial charge is 0.144 e. The van der Waals surface area contributed by atoms with Crippen molar-refractivity contribution in [2.75, 3.05) is 63.0 Å². The Labute approximate surface area is 235 Å². The fraction of sp³-hybridized carbons (Fsp3) is 0.345. The molecule has 0 fully saturated rings. The van der Waals surface area contributed by atoms with E-state index >= 15 is 0 Å². The Kier molecular flexibility index (Phi) is 10.0. The second-order valence-electron chi connectivity index (χ2n) is 9.14. The molecule has 4 rings (SSSR count). The largest absolute Gasteiger partial charge is 0.495 e. The predicted octanol–water partition coefficient (Wildman–Crippen LogP) is 5.49. The van der Waals surface area contributed by atoms with E-state index in [0.29, 0.717) is 6.54 Å². The maximum absolute atomic E-state index is 6.12. The summed E-state index contributed by atoms with van der Waals surface area (Å²) < 4.78 is 11.8. The number of aryl methyl sites for hydroxylation is 1. The highest BCUT2D eigenvalue weighted by atomic mass is 32.2. The molecule has 2 heterocycles. The molecule has 206 valence electrons. The molecule has 2 aromatic carbocycles. The Hall–Kier alpha value is -3.76. The van der Waals surface area contributed by atoms with E-state index in [1.54, 1.807) is 19.7 Å². The molecule has 10 heteroatoms. The van der Waals surface area contributed by atoms with E-state index in [4.69, 9.17) is 9.47 Å². The number of anilines is 3. The zero-order valence-corrected chi connectivity index (χ0v) is 24.1. The highest BCUT2D eigenvalue weighted by molar-refractivity contribution is 7.98. The van der Waals surface area contributed by atoms with E-state index in [0.717, 1.165) is 76.3 Å². The lowest BCUT2D eigenvalue weighted by Gasteiger charge is -2.19. The van der Waals surface area contributed by atoms with Gasteiger partial charge in [-0.25, -0.2) is 9.97 Å². The Morgan fingerprint density at radius 2 is 2.05 bits per heavy atom. The number of thioether (sulfide) groups is 1. The molecule has 39 heavy (non-hydrogen) atoms. The van der Waals surface area contributed by atoms with Gasteiger partial charge in [0.25, 0.3) is 0 Å². The van der Waals surface area contributed by atoms with Crippen LogP contribution < -0.4 is 20.1 Å². The van der Waals surface area contributed by atoms with Crippen LogP contribution in [-0.2, 0) is 0 Å². The SMILES string of the molecule is C/C=N\N1C=CC(Oc2ccc(Nc3ncnc4cc(OC)c(NCCN(C)CCSC)cc34)cc2C)=CC1. The number of nitrogens with zero attached hydrogens (tertiary/aromatic N) is 5. The van der Waals surface area contributed by atoms with Crippen molar-refractivity contribution < 1.29 is 9.47 Å². The standard InChI is InChI=1S/C29H37N7O2S/c1-6-33-36-12-9-23(10-13-36)38-27-8-7-22(17-21(27)2)34-29-24-18-26(30-11-14-35(3)15-16-39-5)28(37-4)19-25(24)31-20-32-29/h6-10,12,17-20,30H,11,13-16H2,1-5H3,(H,31,32,34)/b33-6-. The molecule has 0 bridgehead atoms. The van der Waals surface area contributed by atoms with Crippen LogP contribution in [0.3, 0.4) is 0 Å². The number of methoxy groups -OCH3 is 1. The number of allylic oxidation sites excluding steroid dienone is 1. The fourth-order valence-corrected chi connectivity index (χ4v) is 4.61. The minimum atomic E-state index is 0.673. The highest BCUT2D eigenvalue weighted by Gasteiger charge is 2.13. The van der Waals surface area contributed by atoms with Crippen LogP contribution in [-0.4, -0.2) is 78.4 Å². The molecule has 3 aromatic rings. The van der Waals surface area contributed by atoms with Crippen molar-refractivity contribution in [1.82, 2.24) is 19.9 Å². The third kappa shape index (κ3) is 7.64. The van der Waals surface area contributed by atoms with Crippen LogP contribution in [0, 0.1) is 6.92 Å². The quantitative estimate of drug-likeness (QED) is 0.270. The van der Waals surface area contributed by atoms with E-state index in [-0.39, 0.29) is 0 Å². The van der Waals surface area contributed by atoms with E-state index in [2.05, 4.69) is 56.0 Å². The molecule has 0 saturated heterocycles. The van der Waals surface area contributed by atoms with Gasteiger partial charge in [-0.15, -0.1) is 0 Å². The van der Waals surface area contributed by atoms with Gasteiger partial charge in [0, 0.05) is 54.9 Å². The minimum Gasteiger partial charge on any atom is -0.495 e. The van der Waals surface area contributed by atoms with Crippen molar-refractivity contribution in [3.63, 3.8) is 0 Å². The zero-order chi connectivity index (χ0) is 27.6. The molecule has 0 atom stereocenters. The van der Waals surface area contributed by atoms with Crippen molar-refractivity contribution >= 4 is 46.1 Å². The number of aromatic nitrogens is 2. The number of rotatable bonds is 13. The number of hydrazone groups is 1. The van der Waals surface area contributed by atoms with Crippen molar-refractivity contribution in [2.24, 2.45) is 5.10 Å². The van der Waals surface area contributed by atoms with Crippen LogP contribution in [0.2, 0.25) is 0 Å². The second-order valence-corrected chi connectivity index (χ2v) is 10.1. The van der Waals surface area contributed by atoms with E-state index in [9.17, 15) is 0 Å². The molecular weight excluding hydrogens is 510 g/mol. The Bertz CT molecular complexity index is 1360. The summed E-state index contributed by atoms with van der Waals surface area (Å²) in [6, 6.07) is 10.0. The topological polar surface area (TPSA) is 87.1 Å². The Morgan fingerprint density at radius 1 is 1.18 bits per heavy atom. The lowest BCUT2D eigenvalue weighted by atomic mass is 10.1. The first-order chi connectivity index (χ1) is 19.0. The van der Waals surface area contributed by atoms with Crippen molar-refractivity contribution in [2.45, 2.75) is 13.8 Å². The maximum atomic E-state index is 6.12. The van der Waals surface area contributed by atoms with Gasteiger partial charge in [0.15, 0.2) is 0 Å². The highest BCUT2D eigenvalue weighted by Crippen LogP contribution is 2.34. The average Bonchev–Trinajstić information content (AvgIpc) is 2.94. The van der Waals surface area contributed by atoms with Crippen LogP contribution in [0.1, 0.15) is 12.5 Å². The van der Waals surface area contributed by atoms with Gasteiger partial charge in [0.05, 0.1) is 24.9 Å². The Balaban J connectivity index is 1.48. The molecule has 0 aliphatic carbocycles. The molecule has 2 N–H and O–H groups in total. The molecule has 1 aliphatic heterocycles. The molecule has 0 amide bonds. The number of benzene rings is 2. The molecular formula is C29H37N7O2S. The number of likely N-dealkylation sites (N-methyl/N-ethyl adjacent to an activating group) is 1. The van der Waals surface area contributed by atoms with Crippen molar-refractivity contribution in [3.8, 4) is 11.5 Å². The molecule has 0 saturated carbocycles. The summed E-state index contributed by atoms with van der Waals surface area (Å²) >= 11 is 1.86. The molecule has 9 nitrogen and oxygen atoms in total. The van der Waals surface area contributed by atoms with Gasteiger partial charge >= 0.3 is 0 Å². The summed E-state index contributed by atoms with van der Waals surface area (Å²) in [4.78, 5) is 11.3. The monoisotopic (exact) mass is 547 g/mol. The summed E-state index contributed by atoms with van der Waals surface area (Å²) in [6.07, 6.45) is 11.3. The number of hydrogen-bond acceptors (Lipinski definition) is 10. The predicted molar refractivity (Wildman–Crippen MR) is 164 cm³/mol. The number of fused-ring (bicyclic) bond motifs is 1. The van der Waals surface area contributed by atoms with Crippen molar-refractivity contribution in [3.05, 3.63) is 66.3 Å². The van der Waals surface area contributed by atoms with E-state index < -0.39 is 0 Å². The first-order valence-corrected chi connectivity index (χ1v) is 14.3. The first-order valence-electron chi connectivity index (χ1n) is 12.9. The molecule has 0 unspecified atom stereocenters. The molecule has 0 radical (unpaired) electrons. The molecule has 0 spiro atoms. The van der Waals surface area contributed by atoms with Gasteiger partial charge < -0.3 is 25.0 Å². The normalized spacial score (nSPS) is 13.3. The third-order valence-electron chi connectivity index (χ3n) is 6.26. The van der Waals surface area contributed by atoms with Crippen LogP contribution in [0.25, 0.3) is 10.9 Å². The van der Waals surface area contributed by atoms with Gasteiger partial charge in [0.2, 0.25) is 0 Å². The first kappa shape index (κ1) is 28.3. The summed E-state index contributed by atoms with van der Waals surface area (Å²) in [5.74, 6) is 4.21. The fourth-order valence-electron chi connectivity index (χ4n) is 4.12. The van der Waals surface area contributed by atoms with Gasteiger partial charge in [-0.05, 0) is 69.1 Å². The average molecular weight is 548 g/mol. The molecule has 1 aromatic heterocycles. The number of hydrogen-bond donors (Lipinski definition) is 2. The Morgan fingerprint density at radius 3 is 2.77 bits per heavy atom. The van der Waals surface area contributed by atoms with Gasteiger partial charge in [-0.2, -0.15) is 16.9 Å². The summed E-state index contributed by atoms with van der Waals surface area (Å²) in [6.45, 7) is 7.40. The van der Waals surface area contributed by atoms with E-state index in [1.807, 2.05) is 67.2 Å². The second kappa shape index (κ2) is 13.9. The van der Waals surface area contributed by atoms with Crippen molar-refractivity contribution in [1.29, 1.82) is 0 Å². The van der Waals surface area contributed by atoms with Crippen LogP contribution in [0.5, 0.6) is 11.5 Å². The van der Waals surface area contributed by atoms with Gasteiger partial charge in [-0.3, -0.25) is 5.01 Å². The maximum Gasteiger partial charge on any atom is 0.144 e. The summed E-state index contributed by atoms with van der Waals surface area (Å²) in [5.41, 5.74) is 3.65. The lowest BCUT2D eigenvalue weighted by Crippen LogP contribution is -2.27. The van der Waals surface area contributed by atoms with Crippen LogP contribution in [0.15, 0.2) is 65.9 Å². The van der Waals surface area contributed by atoms with Crippen LogP contribution >= 0.6 is 11.8 Å². The number of nitrogens with one attached hydrogen (secondary N) is 2. The van der Waals surface area contributed by atoms with Crippen LogP contribution in [0.4, 0.5) is 17.2 Å². The van der Waals surface area contributed by atoms with Gasteiger partial charge in [0.1, 0.15) is 29.4 Å². The third-order valence-corrected chi connectivity index (χ3v) is 6.85. The zero-order valence-electron chi connectivity index (χ0n) is 23.3. The summed E-state index contributed by atoms with van der Waals surface area (Å²) in [5, 5.41) is 14.0. The lowest BCUT2D eigenvalue weighted by molar-refractivity contribution is 0.369. The minimum absolute atomic E-state index is 0.673. The molecule has 1 aliphatic rings. The number of ether oxygens (including phenoxy) is 2. The summed E-state index contributed by atoms with van der Waals surface area (Å²) in [7, 11) is 3.82. The van der Waals surface area contributed by atoms with E-state index in [1.165, 1.54) is 0 Å². The van der Waals surface area contributed by atoms with Gasteiger partial charge in [-0.1, -0.05) is 0 Å².